The summed E-state index contributed by atoms with van der Waals surface area (Å²) in [6, 6.07) is 11.5. The Labute approximate surface area is 127 Å². The first kappa shape index (κ1) is 14.1. The number of piperazine rings is 1. The summed E-state index contributed by atoms with van der Waals surface area (Å²) in [5, 5.41) is 4.26. The first-order chi connectivity index (χ1) is 10.1. The van der Waals surface area contributed by atoms with Gasteiger partial charge in [-0.3, -0.25) is 9.58 Å². The van der Waals surface area contributed by atoms with Crippen molar-refractivity contribution in [3.63, 3.8) is 0 Å². The Bertz CT molecular complexity index is 587. The maximum absolute atomic E-state index is 4.26. The molecule has 1 aromatic carbocycles. The van der Waals surface area contributed by atoms with Crippen molar-refractivity contribution in [3.8, 4) is 0 Å². The Hall–Kier alpha value is -1.81. The van der Waals surface area contributed by atoms with Crippen LogP contribution in [-0.2, 0) is 13.6 Å². The predicted octanol–water partition coefficient (Wildman–Crippen LogP) is 2.44. The van der Waals surface area contributed by atoms with Gasteiger partial charge in [-0.25, -0.2) is 0 Å². The number of aryl methyl sites for hydroxylation is 2. The molecular formula is C17H24N4. The molecule has 0 radical (unpaired) electrons. The number of hydrogen-bond acceptors (Lipinski definition) is 3. The molecule has 2 heterocycles. The number of anilines is 1. The van der Waals surface area contributed by atoms with Gasteiger partial charge in [0, 0.05) is 51.2 Å². The first-order valence-corrected chi connectivity index (χ1v) is 7.66. The van der Waals surface area contributed by atoms with Crippen molar-refractivity contribution in [2.24, 2.45) is 7.05 Å². The lowest BCUT2D eigenvalue weighted by Gasteiger charge is -2.41. The molecule has 2 aromatic rings. The fourth-order valence-electron chi connectivity index (χ4n) is 2.98. The topological polar surface area (TPSA) is 24.3 Å². The van der Waals surface area contributed by atoms with Crippen LogP contribution in [0.1, 0.15) is 18.2 Å². The standard InChI is InChI=1S/C17H24N4/c1-14-4-6-16(7-5-14)21-11-10-20(15(2)12-21)13-17-8-9-18-19(17)3/h4-9,15H,10-13H2,1-3H3/t15-/m1/s1. The van der Waals surface area contributed by atoms with E-state index in [1.54, 1.807) is 0 Å². The molecule has 0 spiro atoms. The van der Waals surface area contributed by atoms with Crippen molar-refractivity contribution < 1.29 is 0 Å². The van der Waals surface area contributed by atoms with Gasteiger partial charge in [-0.2, -0.15) is 5.10 Å². The highest BCUT2D eigenvalue weighted by molar-refractivity contribution is 5.48. The zero-order valence-electron chi connectivity index (χ0n) is 13.2. The van der Waals surface area contributed by atoms with Crippen LogP contribution in [0.25, 0.3) is 0 Å². The van der Waals surface area contributed by atoms with E-state index in [0.717, 1.165) is 26.2 Å². The van der Waals surface area contributed by atoms with E-state index in [4.69, 9.17) is 0 Å². The Morgan fingerprint density at radius 3 is 2.52 bits per heavy atom. The highest BCUT2D eigenvalue weighted by atomic mass is 15.3. The van der Waals surface area contributed by atoms with Gasteiger partial charge in [-0.1, -0.05) is 17.7 Å². The van der Waals surface area contributed by atoms with Crippen LogP contribution in [0.4, 0.5) is 5.69 Å². The molecular weight excluding hydrogens is 260 g/mol. The number of benzene rings is 1. The molecule has 0 amide bonds. The van der Waals surface area contributed by atoms with Gasteiger partial charge in [0.2, 0.25) is 0 Å². The molecule has 1 aliphatic rings. The summed E-state index contributed by atoms with van der Waals surface area (Å²) in [6.07, 6.45) is 1.88. The molecule has 3 rings (SSSR count). The lowest BCUT2D eigenvalue weighted by Crippen LogP contribution is -2.51. The summed E-state index contributed by atoms with van der Waals surface area (Å²) < 4.78 is 1.97. The van der Waals surface area contributed by atoms with E-state index in [0.29, 0.717) is 6.04 Å². The van der Waals surface area contributed by atoms with Gasteiger partial charge in [0.1, 0.15) is 0 Å². The van der Waals surface area contributed by atoms with E-state index in [1.165, 1.54) is 16.9 Å². The van der Waals surface area contributed by atoms with Gasteiger partial charge in [0.05, 0.1) is 5.69 Å². The minimum Gasteiger partial charge on any atom is -0.369 e. The van der Waals surface area contributed by atoms with Crippen LogP contribution in [0, 0.1) is 6.92 Å². The third kappa shape index (κ3) is 3.10. The Kier molecular flexibility index (Phi) is 3.97. The second-order valence-electron chi connectivity index (χ2n) is 6.05. The molecule has 4 nitrogen and oxygen atoms in total. The molecule has 21 heavy (non-hydrogen) atoms. The fourth-order valence-corrected chi connectivity index (χ4v) is 2.98. The van der Waals surface area contributed by atoms with Gasteiger partial charge in [-0.15, -0.1) is 0 Å². The largest absolute Gasteiger partial charge is 0.369 e. The van der Waals surface area contributed by atoms with Crippen LogP contribution in [-0.4, -0.2) is 40.4 Å². The third-order valence-corrected chi connectivity index (χ3v) is 4.45. The molecule has 112 valence electrons. The predicted molar refractivity (Wildman–Crippen MR) is 86.5 cm³/mol. The molecule has 0 unspecified atom stereocenters. The normalized spacial score (nSPS) is 20.0. The van der Waals surface area contributed by atoms with Crippen molar-refractivity contribution in [1.82, 2.24) is 14.7 Å². The second kappa shape index (κ2) is 5.90. The summed E-state index contributed by atoms with van der Waals surface area (Å²) in [7, 11) is 2.02. The molecule has 4 heteroatoms. The number of hydrogen-bond donors (Lipinski definition) is 0. The smallest absolute Gasteiger partial charge is 0.0521 e. The monoisotopic (exact) mass is 284 g/mol. The molecule has 0 N–H and O–H groups in total. The SMILES string of the molecule is Cc1ccc(N2CCN(Cc3ccnn3C)[C@H](C)C2)cc1. The average molecular weight is 284 g/mol. The van der Waals surface area contributed by atoms with Crippen LogP contribution < -0.4 is 4.90 Å². The summed E-state index contributed by atoms with van der Waals surface area (Å²) in [5.41, 5.74) is 3.94. The molecule has 1 aromatic heterocycles. The van der Waals surface area contributed by atoms with E-state index < -0.39 is 0 Å². The third-order valence-electron chi connectivity index (χ3n) is 4.45. The maximum atomic E-state index is 4.26. The van der Waals surface area contributed by atoms with Gasteiger partial charge in [0.25, 0.3) is 0 Å². The lowest BCUT2D eigenvalue weighted by molar-refractivity contribution is 0.176. The fraction of sp³-hybridized carbons (Fsp3) is 0.471. The molecule has 1 saturated heterocycles. The quantitative estimate of drug-likeness (QED) is 0.865. The minimum atomic E-state index is 0.551. The molecule has 0 bridgehead atoms. The van der Waals surface area contributed by atoms with Crippen molar-refractivity contribution in [2.45, 2.75) is 26.4 Å². The summed E-state index contributed by atoms with van der Waals surface area (Å²) in [4.78, 5) is 5.03. The van der Waals surface area contributed by atoms with E-state index in [2.05, 4.69) is 59.1 Å². The van der Waals surface area contributed by atoms with E-state index in [-0.39, 0.29) is 0 Å². The van der Waals surface area contributed by atoms with Crippen molar-refractivity contribution >= 4 is 5.69 Å². The average Bonchev–Trinajstić information content (AvgIpc) is 2.87. The van der Waals surface area contributed by atoms with Crippen LogP contribution in [0.3, 0.4) is 0 Å². The second-order valence-corrected chi connectivity index (χ2v) is 6.05. The van der Waals surface area contributed by atoms with Gasteiger partial charge in [-0.05, 0) is 32.0 Å². The van der Waals surface area contributed by atoms with Crippen LogP contribution in [0.2, 0.25) is 0 Å². The molecule has 0 aliphatic carbocycles. The molecule has 0 saturated carbocycles. The van der Waals surface area contributed by atoms with Gasteiger partial charge in [0.15, 0.2) is 0 Å². The highest BCUT2D eigenvalue weighted by Gasteiger charge is 2.24. The van der Waals surface area contributed by atoms with E-state index in [1.807, 2.05) is 17.9 Å². The summed E-state index contributed by atoms with van der Waals surface area (Å²) >= 11 is 0. The maximum Gasteiger partial charge on any atom is 0.0521 e. The van der Waals surface area contributed by atoms with E-state index in [9.17, 15) is 0 Å². The van der Waals surface area contributed by atoms with Crippen molar-refractivity contribution in [1.29, 1.82) is 0 Å². The lowest BCUT2D eigenvalue weighted by atomic mass is 10.1. The summed E-state index contributed by atoms with van der Waals surface area (Å²) in [6.45, 7) is 8.71. The summed E-state index contributed by atoms with van der Waals surface area (Å²) in [5.74, 6) is 0. The van der Waals surface area contributed by atoms with Crippen molar-refractivity contribution in [3.05, 3.63) is 47.8 Å². The van der Waals surface area contributed by atoms with Gasteiger partial charge >= 0.3 is 0 Å². The highest BCUT2D eigenvalue weighted by Crippen LogP contribution is 2.20. The number of nitrogens with zero attached hydrogens (tertiary/aromatic N) is 4. The molecule has 1 aliphatic heterocycles. The first-order valence-electron chi connectivity index (χ1n) is 7.66. The van der Waals surface area contributed by atoms with E-state index >= 15 is 0 Å². The minimum absolute atomic E-state index is 0.551. The van der Waals surface area contributed by atoms with Crippen LogP contribution in [0.5, 0.6) is 0 Å². The number of rotatable bonds is 3. The van der Waals surface area contributed by atoms with Gasteiger partial charge < -0.3 is 4.90 Å². The zero-order valence-corrected chi connectivity index (χ0v) is 13.2. The van der Waals surface area contributed by atoms with Crippen LogP contribution >= 0.6 is 0 Å². The number of aromatic nitrogens is 2. The van der Waals surface area contributed by atoms with Crippen LogP contribution in [0.15, 0.2) is 36.5 Å². The Balaban J connectivity index is 1.64. The van der Waals surface area contributed by atoms with Crippen molar-refractivity contribution in [2.75, 3.05) is 24.5 Å². The Morgan fingerprint density at radius 2 is 1.90 bits per heavy atom. The molecule has 1 atom stereocenters. The molecule has 1 fully saturated rings. The Morgan fingerprint density at radius 1 is 1.14 bits per heavy atom. The zero-order chi connectivity index (χ0) is 14.8.